The number of nitrogens with one attached hydrogen (secondary N) is 2. The molecule has 3 rings (SSSR count). The second-order valence-corrected chi connectivity index (χ2v) is 6.84. The van der Waals surface area contributed by atoms with Crippen LogP contribution in [-0.2, 0) is 11.3 Å². The van der Waals surface area contributed by atoms with Crippen LogP contribution in [-0.4, -0.2) is 42.3 Å². The first-order valence-electron chi connectivity index (χ1n) is 9.22. The monoisotopic (exact) mass is 401 g/mol. The summed E-state index contributed by atoms with van der Waals surface area (Å²) in [6.45, 7) is 0.0563. The maximum absolute atomic E-state index is 13.7. The van der Waals surface area contributed by atoms with Gasteiger partial charge in [0, 0.05) is 31.3 Å². The molecule has 2 aromatic rings. The maximum atomic E-state index is 13.7. The first-order chi connectivity index (χ1) is 13.9. The average Bonchev–Trinajstić information content (AvgIpc) is 3.55. The number of rotatable bonds is 7. The molecule has 0 spiro atoms. The minimum atomic E-state index is -0.981. The zero-order valence-electron chi connectivity index (χ0n) is 15.9. The van der Waals surface area contributed by atoms with E-state index < -0.39 is 17.5 Å². The summed E-state index contributed by atoms with van der Waals surface area (Å²) < 4.78 is 26.7. The van der Waals surface area contributed by atoms with Crippen LogP contribution in [0.4, 0.5) is 8.78 Å². The van der Waals surface area contributed by atoms with Gasteiger partial charge in [-0.3, -0.25) is 14.4 Å². The lowest BCUT2D eigenvalue weighted by molar-refractivity contribution is -0.131. The average molecular weight is 401 g/mol. The van der Waals surface area contributed by atoms with Crippen molar-refractivity contribution in [3.8, 4) is 0 Å². The quantitative estimate of drug-likeness (QED) is 0.747. The molecule has 6 nitrogen and oxygen atoms in total. The predicted molar refractivity (Wildman–Crippen MR) is 102 cm³/mol. The number of hydrogen-bond acceptors (Lipinski definition) is 3. The fourth-order valence-electron chi connectivity index (χ4n) is 2.94. The molecule has 1 aliphatic carbocycles. The van der Waals surface area contributed by atoms with Gasteiger partial charge in [0.15, 0.2) is 0 Å². The minimum absolute atomic E-state index is 0.0978. The summed E-state index contributed by atoms with van der Waals surface area (Å²) in [5.41, 5.74) is 1.06. The van der Waals surface area contributed by atoms with Gasteiger partial charge in [-0.25, -0.2) is 8.78 Å². The summed E-state index contributed by atoms with van der Waals surface area (Å²) in [7, 11) is 1.55. The third-order valence-corrected chi connectivity index (χ3v) is 4.68. The van der Waals surface area contributed by atoms with E-state index in [4.69, 9.17) is 0 Å². The summed E-state index contributed by atoms with van der Waals surface area (Å²) in [6.07, 6.45) is 1.76. The number of benzene rings is 2. The lowest BCUT2D eigenvalue weighted by atomic mass is 10.1. The number of hydrogen-bond donors (Lipinski definition) is 2. The molecule has 0 bridgehead atoms. The fraction of sp³-hybridized carbons (Fsp3) is 0.286. The standard InChI is InChI=1S/C21H21F2N3O3/c1-24-20(28)14-4-2-13(3-5-14)12-26(16-7-8-16)19(27)11-25-21(29)17-9-6-15(22)10-18(17)23/h2-6,9-10,16H,7-8,11-12H2,1H3,(H,24,28)(H,25,29). The van der Waals surface area contributed by atoms with E-state index in [1.54, 1.807) is 36.2 Å². The van der Waals surface area contributed by atoms with Crippen molar-refractivity contribution in [3.63, 3.8) is 0 Å². The Morgan fingerprint density at radius 2 is 1.72 bits per heavy atom. The van der Waals surface area contributed by atoms with E-state index >= 15 is 0 Å². The molecular weight excluding hydrogens is 380 g/mol. The summed E-state index contributed by atoms with van der Waals surface area (Å²) in [5, 5.41) is 4.94. The topological polar surface area (TPSA) is 78.5 Å². The first-order valence-corrected chi connectivity index (χ1v) is 9.22. The number of nitrogens with zero attached hydrogens (tertiary/aromatic N) is 1. The Labute approximate surface area is 166 Å². The lowest BCUT2D eigenvalue weighted by Crippen LogP contribution is -2.41. The van der Waals surface area contributed by atoms with Crippen molar-refractivity contribution < 1.29 is 23.2 Å². The van der Waals surface area contributed by atoms with Crippen LogP contribution in [0.5, 0.6) is 0 Å². The van der Waals surface area contributed by atoms with E-state index in [0.717, 1.165) is 30.5 Å². The predicted octanol–water partition coefficient (Wildman–Crippen LogP) is 2.25. The van der Waals surface area contributed by atoms with Crippen LogP contribution >= 0.6 is 0 Å². The molecule has 0 unspecified atom stereocenters. The molecule has 1 aliphatic rings. The first kappa shape index (κ1) is 20.4. The van der Waals surface area contributed by atoms with Gasteiger partial charge in [0.25, 0.3) is 11.8 Å². The third kappa shape index (κ3) is 5.16. The summed E-state index contributed by atoms with van der Waals surface area (Å²) >= 11 is 0. The largest absolute Gasteiger partial charge is 0.355 e. The van der Waals surface area contributed by atoms with Gasteiger partial charge in [0.2, 0.25) is 5.91 Å². The molecule has 0 radical (unpaired) electrons. The smallest absolute Gasteiger partial charge is 0.254 e. The van der Waals surface area contributed by atoms with Crippen LogP contribution in [0.1, 0.15) is 39.1 Å². The minimum Gasteiger partial charge on any atom is -0.355 e. The van der Waals surface area contributed by atoms with Gasteiger partial charge in [0.1, 0.15) is 11.6 Å². The Morgan fingerprint density at radius 3 is 2.31 bits per heavy atom. The number of carbonyl (C=O) groups excluding carboxylic acids is 3. The number of carbonyl (C=O) groups is 3. The van der Waals surface area contributed by atoms with Crippen molar-refractivity contribution in [1.82, 2.24) is 15.5 Å². The molecule has 0 heterocycles. The Morgan fingerprint density at radius 1 is 1.03 bits per heavy atom. The van der Waals surface area contributed by atoms with E-state index in [2.05, 4.69) is 10.6 Å². The van der Waals surface area contributed by atoms with Crippen LogP contribution in [0.15, 0.2) is 42.5 Å². The van der Waals surface area contributed by atoms with E-state index in [1.165, 1.54) is 0 Å². The molecular formula is C21H21F2N3O3. The third-order valence-electron chi connectivity index (χ3n) is 4.68. The van der Waals surface area contributed by atoms with Crippen molar-refractivity contribution in [2.45, 2.75) is 25.4 Å². The van der Waals surface area contributed by atoms with Crippen molar-refractivity contribution in [1.29, 1.82) is 0 Å². The molecule has 0 aliphatic heterocycles. The Hall–Kier alpha value is -3.29. The fourth-order valence-corrected chi connectivity index (χ4v) is 2.94. The molecule has 0 saturated heterocycles. The zero-order valence-corrected chi connectivity index (χ0v) is 15.9. The number of amides is 3. The van der Waals surface area contributed by atoms with Gasteiger partial charge < -0.3 is 15.5 Å². The normalized spacial score (nSPS) is 12.9. The van der Waals surface area contributed by atoms with Crippen molar-refractivity contribution >= 4 is 17.7 Å². The molecule has 0 aromatic heterocycles. The summed E-state index contributed by atoms with van der Waals surface area (Å²) in [4.78, 5) is 38.0. The highest BCUT2D eigenvalue weighted by Gasteiger charge is 2.32. The maximum Gasteiger partial charge on any atom is 0.254 e. The van der Waals surface area contributed by atoms with E-state index in [0.29, 0.717) is 18.2 Å². The van der Waals surface area contributed by atoms with Crippen LogP contribution in [0, 0.1) is 11.6 Å². The van der Waals surface area contributed by atoms with Gasteiger partial charge >= 0.3 is 0 Å². The van der Waals surface area contributed by atoms with E-state index in [-0.39, 0.29) is 30.0 Å². The van der Waals surface area contributed by atoms with Crippen molar-refractivity contribution in [2.24, 2.45) is 0 Å². The van der Waals surface area contributed by atoms with Crippen molar-refractivity contribution in [3.05, 3.63) is 70.8 Å². The van der Waals surface area contributed by atoms with Crippen LogP contribution < -0.4 is 10.6 Å². The highest BCUT2D eigenvalue weighted by atomic mass is 19.1. The highest BCUT2D eigenvalue weighted by molar-refractivity contribution is 5.96. The molecule has 0 atom stereocenters. The lowest BCUT2D eigenvalue weighted by Gasteiger charge is -2.23. The van der Waals surface area contributed by atoms with Gasteiger partial charge in [-0.05, 0) is 42.7 Å². The molecule has 8 heteroatoms. The van der Waals surface area contributed by atoms with Crippen LogP contribution in [0.25, 0.3) is 0 Å². The molecule has 29 heavy (non-hydrogen) atoms. The van der Waals surface area contributed by atoms with E-state index in [1.807, 2.05) is 0 Å². The van der Waals surface area contributed by atoms with Gasteiger partial charge in [-0.1, -0.05) is 12.1 Å². The Balaban J connectivity index is 1.61. The molecule has 3 amide bonds. The SMILES string of the molecule is CNC(=O)c1ccc(CN(C(=O)CNC(=O)c2ccc(F)cc2F)C2CC2)cc1. The van der Waals surface area contributed by atoms with E-state index in [9.17, 15) is 23.2 Å². The Kier molecular flexibility index (Phi) is 6.21. The van der Waals surface area contributed by atoms with Crippen LogP contribution in [0.3, 0.4) is 0 Å². The number of halogens is 2. The highest BCUT2D eigenvalue weighted by Crippen LogP contribution is 2.28. The van der Waals surface area contributed by atoms with Gasteiger partial charge in [-0.15, -0.1) is 0 Å². The summed E-state index contributed by atoms with van der Waals surface area (Å²) in [5.74, 6) is -3.02. The second-order valence-electron chi connectivity index (χ2n) is 6.84. The summed E-state index contributed by atoms with van der Waals surface area (Å²) in [6, 6.07) is 9.66. The molecule has 1 saturated carbocycles. The second kappa shape index (κ2) is 8.81. The zero-order chi connectivity index (χ0) is 21.0. The van der Waals surface area contributed by atoms with Gasteiger partial charge in [-0.2, -0.15) is 0 Å². The molecule has 1 fully saturated rings. The van der Waals surface area contributed by atoms with Gasteiger partial charge in [0.05, 0.1) is 12.1 Å². The van der Waals surface area contributed by atoms with Crippen molar-refractivity contribution in [2.75, 3.05) is 13.6 Å². The molecule has 152 valence electrons. The molecule has 2 N–H and O–H groups in total. The Bertz CT molecular complexity index is 927. The molecule has 2 aromatic carbocycles. The van der Waals surface area contributed by atoms with Crippen LogP contribution in [0.2, 0.25) is 0 Å².